The molecule has 10 aromatic carbocycles. The largest absolute Gasteiger partial charge is 0.455 e. The van der Waals surface area contributed by atoms with E-state index in [1.54, 1.807) is 0 Å². The molecule has 0 spiro atoms. The van der Waals surface area contributed by atoms with Crippen LogP contribution in [0.5, 0.6) is 0 Å². The van der Waals surface area contributed by atoms with Gasteiger partial charge in [-0.3, -0.25) is 0 Å². The minimum Gasteiger partial charge on any atom is -0.455 e. The van der Waals surface area contributed by atoms with E-state index in [0.717, 1.165) is 50.3 Å². The maximum atomic E-state index is 7.44. The van der Waals surface area contributed by atoms with Gasteiger partial charge in [0.15, 0.2) is 0 Å². The van der Waals surface area contributed by atoms with Crippen molar-refractivity contribution in [2.24, 2.45) is 0 Å². The molecule has 2 aliphatic heterocycles. The van der Waals surface area contributed by atoms with Gasteiger partial charge in [0.25, 0.3) is 0 Å². The normalized spacial score (nSPS) is 15.6. The molecule has 0 amide bonds. The fraction of sp³-hybridized carbons (Fsp3) is 0.173. The van der Waals surface area contributed by atoms with Crippen molar-refractivity contribution in [3.05, 3.63) is 251 Å². The van der Waals surface area contributed by atoms with E-state index in [1.165, 1.54) is 100 Å². The SMILES string of the molecule is CC(C)(C)c1ccc(N2c3cc4c(cc3B3c5c2cc2c(oc6ccccc62)c5-c2cc(N(c5ccccc5)c5ccccc5)cc5c6c(n3c25)-c2ccccc2C6(C)C)C(C)(C)c2ccccc2C4(C)C)c(-c2ccccc2)c1. The highest BCUT2D eigenvalue weighted by atomic mass is 16.3. The first-order valence-electron chi connectivity index (χ1n) is 28.6. The average molecular weight is 1030 g/mol. The summed E-state index contributed by atoms with van der Waals surface area (Å²) in [6.07, 6.45) is 0. The van der Waals surface area contributed by atoms with Crippen molar-refractivity contribution in [3.63, 3.8) is 0 Å². The maximum Gasteiger partial charge on any atom is 0.333 e. The number of anilines is 6. The summed E-state index contributed by atoms with van der Waals surface area (Å²) in [6, 6.07) is 80.1. The second-order valence-electron chi connectivity index (χ2n) is 25.7. The predicted molar refractivity (Wildman–Crippen MR) is 337 cm³/mol. The smallest absolute Gasteiger partial charge is 0.333 e. The first-order chi connectivity index (χ1) is 38.6. The van der Waals surface area contributed by atoms with E-state index in [1.807, 2.05) is 0 Å². The van der Waals surface area contributed by atoms with Gasteiger partial charge in [0.2, 0.25) is 0 Å². The molecule has 0 unspecified atom stereocenters. The van der Waals surface area contributed by atoms with Crippen LogP contribution in [-0.4, -0.2) is 11.3 Å². The topological polar surface area (TPSA) is 24.6 Å². The lowest BCUT2D eigenvalue weighted by Crippen LogP contribution is -2.57. The molecular weight excluding hydrogens is 970 g/mol. The first kappa shape index (κ1) is 47.2. The minimum atomic E-state index is -0.321. The number of benzene rings is 10. The molecule has 0 atom stereocenters. The van der Waals surface area contributed by atoms with Gasteiger partial charge in [-0.25, -0.2) is 0 Å². The Hall–Kier alpha value is -8.80. The van der Waals surface area contributed by atoms with Gasteiger partial charge in [0, 0.05) is 94.3 Å². The van der Waals surface area contributed by atoms with E-state index in [4.69, 9.17) is 4.42 Å². The Morgan fingerprint density at radius 1 is 0.450 bits per heavy atom. The van der Waals surface area contributed by atoms with Crippen molar-refractivity contribution in [3.8, 4) is 33.5 Å². The molecule has 80 heavy (non-hydrogen) atoms. The second kappa shape index (κ2) is 16.2. The monoisotopic (exact) mass is 1030 g/mol. The number of hydrogen-bond acceptors (Lipinski definition) is 3. The first-order valence-corrected chi connectivity index (χ1v) is 28.6. The molecule has 2 aromatic heterocycles. The molecule has 0 bridgehead atoms. The lowest BCUT2D eigenvalue weighted by atomic mass is 9.44. The predicted octanol–water partition coefficient (Wildman–Crippen LogP) is 18.7. The molecule has 2 aliphatic carbocycles. The standard InChI is InChI=1S/C75H62BN3O/c1-72(2,3)46-37-38-62(52(39-46)45-25-13-10-14-26-45)78-63-44-60-59(73(4,5)57-34-22-23-35-58(57)74(60,6)7)43-61(63)76-68-64(78)42-53-50-31-20-24-36-65(50)80-71(53)66(68)54-40-49(77(47-27-15-11-16-28-47)48-29-17-12-18-30-48)41-55-67-70(79(76)69(54)55)51-32-19-21-33-56(51)75(67,8)9/h10-44H,1-9H3. The highest BCUT2D eigenvalue weighted by Crippen LogP contribution is 2.60. The zero-order valence-corrected chi connectivity index (χ0v) is 47.0. The zero-order valence-electron chi connectivity index (χ0n) is 47.0. The van der Waals surface area contributed by atoms with Gasteiger partial charge in [-0.2, -0.15) is 0 Å². The van der Waals surface area contributed by atoms with E-state index in [2.05, 4.69) is 289 Å². The van der Waals surface area contributed by atoms with E-state index < -0.39 is 0 Å². The van der Waals surface area contributed by atoms with E-state index in [-0.39, 0.29) is 28.5 Å². The van der Waals surface area contributed by atoms with Crippen LogP contribution in [-0.2, 0) is 21.7 Å². The van der Waals surface area contributed by atoms with Crippen LogP contribution in [0.3, 0.4) is 0 Å². The molecule has 386 valence electrons. The van der Waals surface area contributed by atoms with Crippen LogP contribution in [0.15, 0.2) is 217 Å². The molecule has 0 fully saturated rings. The number of furan rings is 1. The summed E-state index contributed by atoms with van der Waals surface area (Å²) in [4.78, 5) is 5.13. The third-order valence-corrected chi connectivity index (χ3v) is 19.1. The van der Waals surface area contributed by atoms with Crippen LogP contribution in [0.25, 0.3) is 66.4 Å². The van der Waals surface area contributed by atoms with Gasteiger partial charge in [-0.1, -0.05) is 208 Å². The Kier molecular flexibility index (Phi) is 9.54. The summed E-state index contributed by atoms with van der Waals surface area (Å²) < 4.78 is 10.2. The van der Waals surface area contributed by atoms with Gasteiger partial charge >= 0.3 is 6.85 Å². The van der Waals surface area contributed by atoms with Crippen molar-refractivity contribution in [2.45, 2.75) is 84.0 Å². The highest BCUT2D eigenvalue weighted by molar-refractivity contribution is 6.90. The van der Waals surface area contributed by atoms with Gasteiger partial charge in [-0.05, 0) is 128 Å². The van der Waals surface area contributed by atoms with Crippen molar-refractivity contribution in [1.82, 2.24) is 4.48 Å². The molecule has 5 heteroatoms. The number of hydrogen-bond donors (Lipinski definition) is 0. The number of aromatic nitrogens is 1. The van der Waals surface area contributed by atoms with Crippen LogP contribution in [0.1, 0.15) is 101 Å². The molecule has 4 heterocycles. The van der Waals surface area contributed by atoms with Crippen molar-refractivity contribution in [2.75, 3.05) is 9.80 Å². The van der Waals surface area contributed by atoms with Gasteiger partial charge in [0.1, 0.15) is 11.2 Å². The van der Waals surface area contributed by atoms with E-state index >= 15 is 0 Å². The summed E-state index contributed by atoms with van der Waals surface area (Å²) >= 11 is 0. The number of para-hydroxylation sites is 3. The van der Waals surface area contributed by atoms with Crippen LogP contribution < -0.4 is 20.7 Å². The Bertz CT molecular complexity index is 4570. The third-order valence-electron chi connectivity index (χ3n) is 19.1. The van der Waals surface area contributed by atoms with Gasteiger partial charge < -0.3 is 18.7 Å². The van der Waals surface area contributed by atoms with Crippen LogP contribution in [0.2, 0.25) is 0 Å². The minimum absolute atomic E-state index is 0.0815. The molecule has 4 aliphatic rings. The van der Waals surface area contributed by atoms with Crippen LogP contribution in [0.4, 0.5) is 34.1 Å². The third kappa shape index (κ3) is 6.24. The Morgan fingerprint density at radius 3 is 1.73 bits per heavy atom. The quantitative estimate of drug-likeness (QED) is 0.161. The summed E-state index contributed by atoms with van der Waals surface area (Å²) in [5.74, 6) is 0. The number of fused-ring (bicyclic) bond motifs is 15. The van der Waals surface area contributed by atoms with Crippen molar-refractivity contribution < 1.29 is 4.42 Å². The summed E-state index contributed by atoms with van der Waals surface area (Å²) in [7, 11) is 0. The van der Waals surface area contributed by atoms with Crippen molar-refractivity contribution in [1.29, 1.82) is 0 Å². The average Bonchev–Trinajstić information content (AvgIpc) is 4.05. The van der Waals surface area contributed by atoms with Gasteiger partial charge in [-0.15, -0.1) is 0 Å². The van der Waals surface area contributed by atoms with Gasteiger partial charge in [0.05, 0.1) is 5.69 Å². The summed E-state index contributed by atoms with van der Waals surface area (Å²) in [6.45, 7) is 21.5. The molecular formula is C75H62BN3O. The Labute approximate surface area is 469 Å². The molecule has 4 nitrogen and oxygen atoms in total. The fourth-order valence-electron chi connectivity index (χ4n) is 15.2. The van der Waals surface area contributed by atoms with E-state index in [9.17, 15) is 0 Å². The number of rotatable bonds is 5. The molecule has 0 saturated carbocycles. The maximum absolute atomic E-state index is 7.44. The molecule has 0 saturated heterocycles. The van der Waals surface area contributed by atoms with Crippen LogP contribution >= 0.6 is 0 Å². The molecule has 0 N–H and O–H groups in total. The summed E-state index contributed by atoms with van der Waals surface area (Å²) in [5, 5.41) is 3.50. The highest BCUT2D eigenvalue weighted by Gasteiger charge is 2.52. The zero-order chi connectivity index (χ0) is 54.4. The lowest BCUT2D eigenvalue weighted by molar-refractivity contribution is 0.521. The van der Waals surface area contributed by atoms with Crippen molar-refractivity contribution >= 4 is 84.7 Å². The molecule has 16 rings (SSSR count). The fourth-order valence-corrected chi connectivity index (χ4v) is 15.2. The summed E-state index contributed by atoms with van der Waals surface area (Å²) in [5.41, 5.74) is 28.4. The molecule has 12 aromatic rings. The molecule has 0 radical (unpaired) electrons. The lowest BCUT2D eigenvalue weighted by Gasteiger charge is -2.47. The van der Waals surface area contributed by atoms with E-state index in [0.29, 0.717) is 0 Å². The Balaban J connectivity index is 1.13. The Morgan fingerprint density at radius 2 is 1.05 bits per heavy atom. The number of nitrogens with zero attached hydrogens (tertiary/aromatic N) is 3. The second-order valence-corrected chi connectivity index (χ2v) is 25.7. The van der Waals surface area contributed by atoms with Crippen LogP contribution in [0, 0.1) is 0 Å².